The van der Waals surface area contributed by atoms with Gasteiger partial charge in [-0.2, -0.15) is 0 Å². The molecule has 0 aliphatic rings. The van der Waals surface area contributed by atoms with Crippen LogP contribution in [0, 0.1) is 0 Å². The molecule has 0 saturated heterocycles. The van der Waals surface area contributed by atoms with Gasteiger partial charge in [0.05, 0.1) is 0 Å². The second-order valence-corrected chi connectivity index (χ2v) is 5.03. The number of rotatable bonds is 6. The molecule has 0 aliphatic heterocycles. The van der Waals surface area contributed by atoms with Gasteiger partial charge in [0.15, 0.2) is 0 Å². The standard InChI is InChI=1S/C14H17NOS/c15-12(8-9-14-7-4-10-17-14)11-16-13-5-2-1-3-6-13/h1-7,10,12H,8-9,11,15H2. The van der Waals surface area contributed by atoms with Crippen LogP contribution in [-0.4, -0.2) is 12.6 Å². The number of nitrogens with two attached hydrogens (primary N) is 1. The molecule has 1 aromatic heterocycles. The van der Waals surface area contributed by atoms with Crippen LogP contribution in [0.4, 0.5) is 0 Å². The molecule has 0 bridgehead atoms. The first-order valence-electron chi connectivity index (χ1n) is 5.80. The van der Waals surface area contributed by atoms with Crippen molar-refractivity contribution in [3.05, 3.63) is 52.7 Å². The van der Waals surface area contributed by atoms with Crippen LogP contribution in [0.1, 0.15) is 11.3 Å². The van der Waals surface area contributed by atoms with Crippen molar-refractivity contribution < 1.29 is 4.74 Å². The third-order valence-electron chi connectivity index (χ3n) is 2.55. The van der Waals surface area contributed by atoms with Gasteiger partial charge in [0.1, 0.15) is 12.4 Å². The summed E-state index contributed by atoms with van der Waals surface area (Å²) in [6.07, 6.45) is 2.00. The van der Waals surface area contributed by atoms with Gasteiger partial charge in [0, 0.05) is 10.9 Å². The summed E-state index contributed by atoms with van der Waals surface area (Å²) in [5.41, 5.74) is 6.02. The Labute approximate surface area is 106 Å². The second kappa shape index (κ2) is 6.42. The molecule has 0 aliphatic carbocycles. The molecule has 1 atom stereocenters. The zero-order chi connectivity index (χ0) is 11.9. The number of thiophene rings is 1. The van der Waals surface area contributed by atoms with E-state index in [-0.39, 0.29) is 6.04 Å². The normalized spacial score (nSPS) is 12.3. The maximum absolute atomic E-state index is 6.02. The fourth-order valence-corrected chi connectivity index (χ4v) is 2.31. The summed E-state index contributed by atoms with van der Waals surface area (Å²) in [4.78, 5) is 1.39. The Morgan fingerprint density at radius 1 is 1.12 bits per heavy atom. The van der Waals surface area contributed by atoms with Gasteiger partial charge in [0.2, 0.25) is 0 Å². The summed E-state index contributed by atoms with van der Waals surface area (Å²) in [7, 11) is 0. The van der Waals surface area contributed by atoms with Gasteiger partial charge in [-0.3, -0.25) is 0 Å². The number of ether oxygens (including phenoxy) is 1. The fraction of sp³-hybridized carbons (Fsp3) is 0.286. The molecule has 0 amide bonds. The van der Waals surface area contributed by atoms with Crippen LogP contribution in [0.2, 0.25) is 0 Å². The molecule has 1 aromatic carbocycles. The van der Waals surface area contributed by atoms with Gasteiger partial charge >= 0.3 is 0 Å². The van der Waals surface area contributed by atoms with Crippen LogP contribution in [0.3, 0.4) is 0 Å². The predicted octanol–water partition coefficient (Wildman–Crippen LogP) is 3.09. The molecule has 3 heteroatoms. The van der Waals surface area contributed by atoms with Crippen molar-refractivity contribution in [2.75, 3.05) is 6.61 Å². The quantitative estimate of drug-likeness (QED) is 0.851. The summed E-state index contributed by atoms with van der Waals surface area (Å²) in [5, 5.41) is 2.10. The minimum atomic E-state index is 0.0947. The van der Waals surface area contributed by atoms with Crippen molar-refractivity contribution in [1.82, 2.24) is 0 Å². The average molecular weight is 247 g/mol. The Bertz CT molecular complexity index is 413. The molecule has 17 heavy (non-hydrogen) atoms. The van der Waals surface area contributed by atoms with Crippen molar-refractivity contribution in [3.63, 3.8) is 0 Å². The largest absolute Gasteiger partial charge is 0.492 e. The maximum atomic E-state index is 6.02. The third-order valence-corrected chi connectivity index (χ3v) is 3.49. The fourth-order valence-electron chi connectivity index (χ4n) is 1.59. The third kappa shape index (κ3) is 4.21. The minimum Gasteiger partial charge on any atom is -0.492 e. The Hall–Kier alpha value is -1.32. The first-order chi connectivity index (χ1) is 8.34. The van der Waals surface area contributed by atoms with Gasteiger partial charge < -0.3 is 10.5 Å². The average Bonchev–Trinajstić information content (AvgIpc) is 2.88. The highest BCUT2D eigenvalue weighted by Gasteiger charge is 2.04. The van der Waals surface area contributed by atoms with Crippen molar-refractivity contribution in [2.24, 2.45) is 5.73 Å². The van der Waals surface area contributed by atoms with Gasteiger partial charge in [-0.25, -0.2) is 0 Å². The first-order valence-corrected chi connectivity index (χ1v) is 6.68. The van der Waals surface area contributed by atoms with E-state index in [9.17, 15) is 0 Å². The molecule has 1 heterocycles. The van der Waals surface area contributed by atoms with Gasteiger partial charge in [0.25, 0.3) is 0 Å². The van der Waals surface area contributed by atoms with E-state index in [0.717, 1.165) is 18.6 Å². The summed E-state index contributed by atoms with van der Waals surface area (Å²) in [6, 6.07) is 14.1. The maximum Gasteiger partial charge on any atom is 0.119 e. The molecule has 0 saturated carbocycles. The molecule has 2 aromatic rings. The van der Waals surface area contributed by atoms with Crippen LogP contribution in [0.25, 0.3) is 0 Å². The van der Waals surface area contributed by atoms with Crippen LogP contribution < -0.4 is 10.5 Å². The van der Waals surface area contributed by atoms with E-state index in [2.05, 4.69) is 17.5 Å². The molecule has 0 spiro atoms. The van der Waals surface area contributed by atoms with Crippen LogP contribution in [0.5, 0.6) is 5.75 Å². The topological polar surface area (TPSA) is 35.2 Å². The van der Waals surface area contributed by atoms with E-state index in [1.54, 1.807) is 11.3 Å². The van der Waals surface area contributed by atoms with E-state index in [0.29, 0.717) is 6.61 Å². The summed E-state index contributed by atoms with van der Waals surface area (Å²) >= 11 is 1.78. The van der Waals surface area contributed by atoms with Crippen LogP contribution >= 0.6 is 11.3 Å². The van der Waals surface area contributed by atoms with Crippen molar-refractivity contribution >= 4 is 11.3 Å². The summed E-state index contributed by atoms with van der Waals surface area (Å²) < 4.78 is 5.62. The number of hydrogen-bond acceptors (Lipinski definition) is 3. The van der Waals surface area contributed by atoms with E-state index in [1.165, 1.54) is 4.88 Å². The Balaban J connectivity index is 1.69. The molecule has 2 nitrogen and oxygen atoms in total. The summed E-state index contributed by atoms with van der Waals surface area (Å²) in [5.74, 6) is 0.888. The lowest BCUT2D eigenvalue weighted by Gasteiger charge is -2.12. The Morgan fingerprint density at radius 3 is 2.65 bits per heavy atom. The van der Waals surface area contributed by atoms with E-state index in [1.807, 2.05) is 30.3 Å². The number of aryl methyl sites for hydroxylation is 1. The molecular weight excluding hydrogens is 230 g/mol. The van der Waals surface area contributed by atoms with Crippen molar-refractivity contribution in [2.45, 2.75) is 18.9 Å². The second-order valence-electron chi connectivity index (χ2n) is 4.00. The number of benzene rings is 1. The van der Waals surface area contributed by atoms with Crippen LogP contribution in [-0.2, 0) is 6.42 Å². The van der Waals surface area contributed by atoms with Crippen molar-refractivity contribution in [3.8, 4) is 5.75 Å². The SMILES string of the molecule is NC(CCc1cccs1)COc1ccccc1. The molecule has 1 unspecified atom stereocenters. The highest BCUT2D eigenvalue weighted by atomic mass is 32.1. The lowest BCUT2D eigenvalue weighted by atomic mass is 10.1. The molecule has 2 N–H and O–H groups in total. The Kier molecular flexibility index (Phi) is 4.59. The number of para-hydroxylation sites is 1. The smallest absolute Gasteiger partial charge is 0.119 e. The summed E-state index contributed by atoms with van der Waals surface area (Å²) in [6.45, 7) is 0.579. The minimum absolute atomic E-state index is 0.0947. The first kappa shape index (κ1) is 12.1. The highest BCUT2D eigenvalue weighted by Crippen LogP contribution is 2.13. The van der Waals surface area contributed by atoms with Crippen LogP contribution in [0.15, 0.2) is 47.8 Å². The lowest BCUT2D eigenvalue weighted by Crippen LogP contribution is -2.28. The van der Waals surface area contributed by atoms with E-state index < -0.39 is 0 Å². The van der Waals surface area contributed by atoms with Gasteiger partial charge in [-0.05, 0) is 36.4 Å². The molecule has 0 radical (unpaired) electrons. The molecular formula is C14H17NOS. The van der Waals surface area contributed by atoms with E-state index >= 15 is 0 Å². The zero-order valence-electron chi connectivity index (χ0n) is 9.71. The Morgan fingerprint density at radius 2 is 1.94 bits per heavy atom. The molecule has 90 valence electrons. The number of hydrogen-bond donors (Lipinski definition) is 1. The zero-order valence-corrected chi connectivity index (χ0v) is 10.5. The van der Waals surface area contributed by atoms with E-state index in [4.69, 9.17) is 10.5 Å². The monoisotopic (exact) mass is 247 g/mol. The highest BCUT2D eigenvalue weighted by molar-refractivity contribution is 7.09. The molecule has 0 fully saturated rings. The predicted molar refractivity (Wildman–Crippen MR) is 72.6 cm³/mol. The van der Waals surface area contributed by atoms with Gasteiger partial charge in [-0.1, -0.05) is 24.3 Å². The lowest BCUT2D eigenvalue weighted by molar-refractivity contribution is 0.282. The van der Waals surface area contributed by atoms with Gasteiger partial charge in [-0.15, -0.1) is 11.3 Å². The molecule has 2 rings (SSSR count). The van der Waals surface area contributed by atoms with Crippen molar-refractivity contribution in [1.29, 1.82) is 0 Å².